The van der Waals surface area contributed by atoms with Gasteiger partial charge in [0.15, 0.2) is 9.84 Å². The molecule has 0 saturated heterocycles. The van der Waals surface area contributed by atoms with E-state index < -0.39 is 21.6 Å². The number of ether oxygens (including phenoxy) is 1. The second kappa shape index (κ2) is 7.09. The summed E-state index contributed by atoms with van der Waals surface area (Å²) in [5, 5.41) is 0. The molecule has 0 bridgehead atoms. The van der Waals surface area contributed by atoms with Crippen molar-refractivity contribution in [2.45, 2.75) is 19.9 Å². The lowest BCUT2D eigenvalue weighted by Gasteiger charge is -2.07. The monoisotopic (exact) mass is 302 g/mol. The van der Waals surface area contributed by atoms with Crippen LogP contribution >= 0.6 is 0 Å². The number of nitrogens with zero attached hydrogens (tertiary/aromatic N) is 1. The number of carbonyl (C=O) groups excluding carboxylic acids is 1. The molecule has 1 aromatic heterocycles. The quantitative estimate of drug-likeness (QED) is 0.699. The molecule has 0 fully saturated rings. The summed E-state index contributed by atoms with van der Waals surface area (Å²) >= 11 is 0. The van der Waals surface area contributed by atoms with E-state index in [-0.39, 0.29) is 30.9 Å². The van der Waals surface area contributed by atoms with Gasteiger partial charge in [-0.2, -0.15) is 0 Å². The molecule has 0 atom stereocenters. The van der Waals surface area contributed by atoms with Crippen LogP contribution in [0.5, 0.6) is 0 Å². The van der Waals surface area contributed by atoms with Crippen molar-refractivity contribution in [2.24, 2.45) is 0 Å². The van der Waals surface area contributed by atoms with Crippen LogP contribution in [0, 0.1) is 0 Å². The van der Waals surface area contributed by atoms with E-state index in [0.29, 0.717) is 5.69 Å². The van der Waals surface area contributed by atoms with E-state index in [9.17, 15) is 18.0 Å². The molecule has 1 heterocycles. The molecular weight excluding hydrogens is 284 g/mol. The molecule has 1 rings (SSSR count). The van der Waals surface area contributed by atoms with Crippen LogP contribution in [0.4, 0.5) is 5.69 Å². The average Bonchev–Trinajstić information content (AvgIpc) is 2.33. The van der Waals surface area contributed by atoms with Crippen molar-refractivity contribution < 1.29 is 17.9 Å². The number of aromatic nitrogens is 1. The maximum absolute atomic E-state index is 11.6. The predicted molar refractivity (Wildman–Crippen MR) is 75.0 cm³/mol. The highest BCUT2D eigenvalue weighted by Gasteiger charge is 2.17. The average molecular weight is 302 g/mol. The smallest absolute Gasteiger partial charge is 0.321 e. The minimum absolute atomic E-state index is 0.146. The number of hydrogen-bond donors (Lipinski definition) is 1. The molecule has 0 aliphatic heterocycles. The van der Waals surface area contributed by atoms with Crippen LogP contribution in [0.15, 0.2) is 23.1 Å². The van der Waals surface area contributed by atoms with Crippen molar-refractivity contribution in [3.63, 3.8) is 0 Å². The fourth-order valence-electron chi connectivity index (χ4n) is 1.63. The van der Waals surface area contributed by atoms with Crippen LogP contribution < -0.4 is 11.3 Å². The molecule has 7 nitrogen and oxygen atoms in total. The third-order valence-electron chi connectivity index (χ3n) is 2.50. The summed E-state index contributed by atoms with van der Waals surface area (Å²) in [5.74, 6) is -1.58. The third kappa shape index (κ3) is 5.43. The summed E-state index contributed by atoms with van der Waals surface area (Å²) in [5.41, 5.74) is 5.73. The van der Waals surface area contributed by atoms with Gasteiger partial charge < -0.3 is 15.0 Å². The topological polar surface area (TPSA) is 108 Å². The van der Waals surface area contributed by atoms with E-state index in [1.807, 2.05) is 0 Å². The van der Waals surface area contributed by atoms with Crippen molar-refractivity contribution in [3.8, 4) is 0 Å². The molecule has 0 unspecified atom stereocenters. The highest BCUT2D eigenvalue weighted by atomic mass is 32.2. The molecule has 1 aromatic rings. The first-order valence-electron chi connectivity index (χ1n) is 6.16. The van der Waals surface area contributed by atoms with Gasteiger partial charge in [0.05, 0.1) is 12.4 Å². The Kier molecular flexibility index (Phi) is 5.75. The number of nitrogens with two attached hydrogens (primary N) is 1. The van der Waals surface area contributed by atoms with Crippen molar-refractivity contribution in [1.29, 1.82) is 0 Å². The summed E-state index contributed by atoms with van der Waals surface area (Å²) in [6.07, 6.45) is 1.69. The van der Waals surface area contributed by atoms with Crippen molar-refractivity contribution >= 4 is 21.5 Å². The fourth-order valence-corrected chi connectivity index (χ4v) is 2.79. The predicted octanol–water partition coefficient (Wildman–Crippen LogP) is -0.201. The van der Waals surface area contributed by atoms with Crippen molar-refractivity contribution in [3.05, 3.63) is 28.7 Å². The van der Waals surface area contributed by atoms with E-state index >= 15 is 0 Å². The zero-order valence-corrected chi connectivity index (χ0v) is 12.1. The number of aryl methyl sites for hydroxylation is 1. The highest BCUT2D eigenvalue weighted by Crippen LogP contribution is 2.00. The lowest BCUT2D eigenvalue weighted by molar-refractivity contribution is -0.139. The normalized spacial score (nSPS) is 11.2. The molecule has 20 heavy (non-hydrogen) atoms. The molecule has 0 aliphatic carbocycles. The summed E-state index contributed by atoms with van der Waals surface area (Å²) in [6.45, 7) is 1.98. The Hall–Kier alpha value is -1.83. The van der Waals surface area contributed by atoms with Crippen molar-refractivity contribution in [1.82, 2.24) is 4.57 Å². The van der Waals surface area contributed by atoms with Crippen LogP contribution in [0.3, 0.4) is 0 Å². The van der Waals surface area contributed by atoms with Gasteiger partial charge >= 0.3 is 5.97 Å². The van der Waals surface area contributed by atoms with Crippen LogP contribution in [-0.4, -0.2) is 37.1 Å². The Balaban J connectivity index is 2.53. The van der Waals surface area contributed by atoms with E-state index in [1.54, 1.807) is 6.92 Å². The van der Waals surface area contributed by atoms with Gasteiger partial charge in [-0.1, -0.05) is 0 Å². The second-order valence-electron chi connectivity index (χ2n) is 4.24. The number of pyridine rings is 1. The lowest BCUT2D eigenvalue weighted by atomic mass is 10.4. The number of anilines is 1. The minimum atomic E-state index is -3.52. The van der Waals surface area contributed by atoms with Crippen LogP contribution in [0.2, 0.25) is 0 Å². The van der Waals surface area contributed by atoms with Gasteiger partial charge in [-0.15, -0.1) is 0 Å². The number of esters is 1. The fraction of sp³-hybridized carbons (Fsp3) is 0.500. The molecule has 8 heteroatoms. The van der Waals surface area contributed by atoms with Gasteiger partial charge in [0, 0.05) is 24.5 Å². The Morgan fingerprint density at radius 2 is 2.10 bits per heavy atom. The molecule has 112 valence electrons. The first-order chi connectivity index (χ1) is 9.34. The molecule has 2 N–H and O–H groups in total. The molecule has 0 aromatic carbocycles. The molecule has 0 spiro atoms. The Morgan fingerprint density at radius 3 is 2.75 bits per heavy atom. The van der Waals surface area contributed by atoms with Crippen LogP contribution in [0.25, 0.3) is 0 Å². The highest BCUT2D eigenvalue weighted by molar-refractivity contribution is 7.92. The number of rotatable bonds is 7. The van der Waals surface area contributed by atoms with Crippen LogP contribution in [-0.2, 0) is 25.9 Å². The van der Waals surface area contributed by atoms with Gasteiger partial charge in [-0.25, -0.2) is 8.42 Å². The number of carbonyl (C=O) groups is 1. The first-order valence-corrected chi connectivity index (χ1v) is 7.98. The third-order valence-corrected chi connectivity index (χ3v) is 4.09. The maximum atomic E-state index is 11.6. The van der Waals surface area contributed by atoms with Gasteiger partial charge in [0.25, 0.3) is 5.56 Å². The van der Waals surface area contributed by atoms with Gasteiger partial charge in [0.1, 0.15) is 5.75 Å². The summed E-state index contributed by atoms with van der Waals surface area (Å²) in [7, 11) is -3.52. The first kappa shape index (κ1) is 16.2. The molecular formula is C12H18N2O5S. The number of hydrogen-bond acceptors (Lipinski definition) is 6. The molecule has 0 aliphatic rings. The van der Waals surface area contributed by atoms with E-state index in [4.69, 9.17) is 5.73 Å². The SMILES string of the molecule is CCOC(=O)CS(=O)(=O)CCCn1cc(N)ccc1=O. The molecule has 0 saturated carbocycles. The second-order valence-corrected chi connectivity index (χ2v) is 6.43. The largest absolute Gasteiger partial charge is 0.465 e. The lowest BCUT2D eigenvalue weighted by Crippen LogP contribution is -2.24. The van der Waals surface area contributed by atoms with Gasteiger partial charge in [-0.05, 0) is 19.4 Å². The van der Waals surface area contributed by atoms with E-state index in [1.165, 1.54) is 22.9 Å². The van der Waals surface area contributed by atoms with Crippen molar-refractivity contribution in [2.75, 3.05) is 23.8 Å². The Morgan fingerprint density at radius 1 is 1.40 bits per heavy atom. The summed E-state index contributed by atoms with van der Waals surface area (Å²) < 4.78 is 29.2. The van der Waals surface area contributed by atoms with Crippen LogP contribution in [0.1, 0.15) is 13.3 Å². The zero-order chi connectivity index (χ0) is 15.2. The molecule has 0 amide bonds. The Labute approximate surface area is 117 Å². The summed E-state index contributed by atoms with van der Waals surface area (Å²) in [6, 6.07) is 2.80. The van der Waals surface area contributed by atoms with Gasteiger partial charge in [-0.3, -0.25) is 9.59 Å². The summed E-state index contributed by atoms with van der Waals surface area (Å²) in [4.78, 5) is 22.6. The van der Waals surface area contributed by atoms with E-state index in [0.717, 1.165) is 0 Å². The standard InChI is InChI=1S/C12H18N2O5S/c1-2-19-12(16)9-20(17,18)7-3-6-14-8-10(13)4-5-11(14)15/h4-5,8H,2-3,6-7,9,13H2,1H3. The van der Waals surface area contributed by atoms with E-state index in [2.05, 4.69) is 4.74 Å². The van der Waals surface area contributed by atoms with Gasteiger partial charge in [0.2, 0.25) is 0 Å². The zero-order valence-electron chi connectivity index (χ0n) is 11.2. The molecule has 0 radical (unpaired) electrons. The number of sulfone groups is 1. The number of nitrogen functional groups attached to an aromatic ring is 1. The Bertz CT molecular complexity index is 621. The maximum Gasteiger partial charge on any atom is 0.321 e. The minimum Gasteiger partial charge on any atom is -0.465 e.